The molecule has 0 bridgehead atoms. The smallest absolute Gasteiger partial charge is 0.323 e. The van der Waals surface area contributed by atoms with Crippen molar-refractivity contribution in [3.05, 3.63) is 82.7 Å². The summed E-state index contributed by atoms with van der Waals surface area (Å²) in [7, 11) is 0. The van der Waals surface area contributed by atoms with Gasteiger partial charge in [-0.3, -0.25) is 9.48 Å². The zero-order valence-electron chi connectivity index (χ0n) is 16.3. The summed E-state index contributed by atoms with van der Waals surface area (Å²) in [5, 5.41) is 7.28. The number of nitrogens with one attached hydrogen (secondary N) is 1. The Bertz CT molecular complexity index is 994. The fourth-order valence-electron chi connectivity index (χ4n) is 3.16. The highest BCUT2D eigenvalue weighted by molar-refractivity contribution is 5.92. The molecule has 0 saturated heterocycles. The quantitative estimate of drug-likeness (QED) is 0.622. The molecule has 0 atom stereocenters. The second-order valence-corrected chi connectivity index (χ2v) is 6.94. The van der Waals surface area contributed by atoms with Crippen molar-refractivity contribution >= 4 is 11.6 Å². The Labute approximate surface area is 167 Å². The first kappa shape index (κ1) is 20.6. The van der Waals surface area contributed by atoms with E-state index in [0.29, 0.717) is 35.5 Å². The van der Waals surface area contributed by atoms with Crippen LogP contribution < -0.4 is 5.32 Å². The predicted molar refractivity (Wildman–Crippen MR) is 106 cm³/mol. The molecule has 0 aliphatic heterocycles. The number of carbonyl (C=O) groups is 1. The van der Waals surface area contributed by atoms with Crippen molar-refractivity contribution in [2.45, 2.75) is 39.4 Å². The molecule has 152 valence electrons. The molecule has 0 aliphatic rings. The van der Waals surface area contributed by atoms with Crippen LogP contribution in [0.25, 0.3) is 0 Å². The van der Waals surface area contributed by atoms with Gasteiger partial charge in [0.25, 0.3) is 0 Å². The number of carbonyl (C=O) groups excluding carboxylic acids is 1. The molecule has 0 fully saturated rings. The lowest BCUT2D eigenvalue weighted by Crippen LogP contribution is -2.14. The van der Waals surface area contributed by atoms with Gasteiger partial charge in [-0.25, -0.2) is 0 Å². The van der Waals surface area contributed by atoms with Crippen molar-refractivity contribution in [2.75, 3.05) is 5.32 Å². The van der Waals surface area contributed by atoms with Crippen LogP contribution in [-0.2, 0) is 23.9 Å². The first-order valence-corrected chi connectivity index (χ1v) is 9.28. The van der Waals surface area contributed by atoms with Crippen LogP contribution in [0.4, 0.5) is 18.9 Å². The Morgan fingerprint density at radius 2 is 1.72 bits per heavy atom. The van der Waals surface area contributed by atoms with Crippen LogP contribution in [0, 0.1) is 13.8 Å². The highest BCUT2D eigenvalue weighted by atomic mass is 19.4. The normalized spacial score (nSPS) is 11.5. The largest absolute Gasteiger partial charge is 0.416 e. The molecule has 2 aromatic carbocycles. The van der Waals surface area contributed by atoms with E-state index in [1.165, 1.54) is 6.07 Å². The van der Waals surface area contributed by atoms with Gasteiger partial charge in [-0.05, 0) is 43.5 Å². The summed E-state index contributed by atoms with van der Waals surface area (Å²) < 4.78 is 40.4. The van der Waals surface area contributed by atoms with Gasteiger partial charge in [0.2, 0.25) is 5.91 Å². The maximum absolute atomic E-state index is 12.9. The average Bonchev–Trinajstić information content (AvgIpc) is 2.94. The second-order valence-electron chi connectivity index (χ2n) is 6.94. The number of hydrogen-bond donors (Lipinski definition) is 1. The Morgan fingerprint density at radius 1 is 1.03 bits per heavy atom. The lowest BCUT2D eigenvalue weighted by molar-refractivity contribution is -0.137. The molecule has 0 radical (unpaired) electrons. The van der Waals surface area contributed by atoms with Crippen molar-refractivity contribution in [1.29, 1.82) is 0 Å². The molecule has 1 amide bonds. The topological polar surface area (TPSA) is 46.9 Å². The molecule has 3 aromatic rings. The lowest BCUT2D eigenvalue weighted by atomic mass is 10.1. The summed E-state index contributed by atoms with van der Waals surface area (Å²) in [6, 6.07) is 14.9. The first-order valence-electron chi connectivity index (χ1n) is 9.28. The monoisotopic (exact) mass is 401 g/mol. The standard InChI is InChI=1S/C22H22F3N3O/c1-15-21(26-20(29)12-11-17-7-4-3-5-8-17)16(2)28(27-15)14-18-9-6-10-19(13-18)22(23,24)25/h3-10,13H,11-12,14H2,1-2H3,(H,26,29). The maximum Gasteiger partial charge on any atom is 0.416 e. The number of alkyl halides is 3. The Balaban J connectivity index is 1.69. The van der Waals surface area contributed by atoms with E-state index in [2.05, 4.69) is 10.4 Å². The fraction of sp³-hybridized carbons (Fsp3) is 0.273. The molecular formula is C22H22F3N3O. The third-order valence-electron chi connectivity index (χ3n) is 4.72. The van der Waals surface area contributed by atoms with Crippen molar-refractivity contribution in [3.8, 4) is 0 Å². The van der Waals surface area contributed by atoms with E-state index in [4.69, 9.17) is 0 Å². The van der Waals surface area contributed by atoms with E-state index < -0.39 is 11.7 Å². The summed E-state index contributed by atoms with van der Waals surface area (Å²) in [5.41, 5.74) is 2.82. The third kappa shape index (κ3) is 5.25. The molecule has 4 nitrogen and oxygen atoms in total. The van der Waals surface area contributed by atoms with Crippen molar-refractivity contribution < 1.29 is 18.0 Å². The zero-order valence-corrected chi connectivity index (χ0v) is 16.3. The molecule has 1 N–H and O–H groups in total. The van der Waals surface area contributed by atoms with Gasteiger partial charge >= 0.3 is 6.18 Å². The van der Waals surface area contributed by atoms with Crippen molar-refractivity contribution in [3.63, 3.8) is 0 Å². The summed E-state index contributed by atoms with van der Waals surface area (Å²) in [6.45, 7) is 3.75. The van der Waals surface area contributed by atoms with Crippen LogP contribution in [0.15, 0.2) is 54.6 Å². The molecule has 0 spiro atoms. The molecule has 3 rings (SSSR count). The SMILES string of the molecule is Cc1nn(Cc2cccc(C(F)(F)F)c2)c(C)c1NC(=O)CCc1ccccc1. The number of halogens is 3. The van der Waals surface area contributed by atoms with E-state index >= 15 is 0 Å². The van der Waals surface area contributed by atoms with Crippen molar-refractivity contribution in [1.82, 2.24) is 9.78 Å². The average molecular weight is 401 g/mol. The maximum atomic E-state index is 12.9. The minimum atomic E-state index is -4.39. The van der Waals surface area contributed by atoms with Crippen LogP contribution in [0.1, 0.15) is 34.5 Å². The Hall–Kier alpha value is -3.09. The highest BCUT2D eigenvalue weighted by Crippen LogP contribution is 2.30. The molecule has 0 saturated carbocycles. The molecule has 0 unspecified atom stereocenters. The van der Waals surface area contributed by atoms with Gasteiger partial charge in [0.05, 0.1) is 29.2 Å². The number of nitrogens with zero attached hydrogens (tertiary/aromatic N) is 2. The zero-order chi connectivity index (χ0) is 21.0. The first-order chi connectivity index (χ1) is 13.7. The van der Waals surface area contributed by atoms with Gasteiger partial charge in [-0.1, -0.05) is 42.5 Å². The number of hydrogen-bond acceptors (Lipinski definition) is 2. The minimum Gasteiger partial charge on any atom is -0.323 e. The molecular weight excluding hydrogens is 379 g/mol. The van der Waals surface area contributed by atoms with Gasteiger partial charge in [-0.2, -0.15) is 18.3 Å². The lowest BCUT2D eigenvalue weighted by Gasteiger charge is -2.10. The van der Waals surface area contributed by atoms with Crippen LogP contribution in [0.3, 0.4) is 0 Å². The molecule has 29 heavy (non-hydrogen) atoms. The summed E-state index contributed by atoms with van der Waals surface area (Å²) >= 11 is 0. The number of anilines is 1. The Kier molecular flexibility index (Phi) is 6.06. The van der Waals surface area contributed by atoms with Crippen molar-refractivity contribution in [2.24, 2.45) is 0 Å². The van der Waals surface area contributed by atoms with Crippen LogP contribution in [0.5, 0.6) is 0 Å². The molecule has 7 heteroatoms. The van der Waals surface area contributed by atoms with Crippen LogP contribution >= 0.6 is 0 Å². The van der Waals surface area contributed by atoms with E-state index in [0.717, 1.165) is 17.7 Å². The highest BCUT2D eigenvalue weighted by Gasteiger charge is 2.30. The summed E-state index contributed by atoms with van der Waals surface area (Å²) in [6.07, 6.45) is -3.42. The van der Waals surface area contributed by atoms with Gasteiger partial charge in [0.15, 0.2) is 0 Å². The van der Waals surface area contributed by atoms with Crippen LogP contribution in [0.2, 0.25) is 0 Å². The van der Waals surface area contributed by atoms with Gasteiger partial charge in [0, 0.05) is 6.42 Å². The number of amides is 1. The van der Waals surface area contributed by atoms with E-state index in [-0.39, 0.29) is 12.5 Å². The Morgan fingerprint density at radius 3 is 2.41 bits per heavy atom. The number of aromatic nitrogens is 2. The van der Waals surface area contributed by atoms with Gasteiger partial charge < -0.3 is 5.32 Å². The van der Waals surface area contributed by atoms with E-state index in [9.17, 15) is 18.0 Å². The molecule has 0 aliphatic carbocycles. The van der Waals surface area contributed by atoms with E-state index in [1.807, 2.05) is 30.3 Å². The third-order valence-corrected chi connectivity index (χ3v) is 4.72. The number of rotatable bonds is 6. The van der Waals surface area contributed by atoms with E-state index in [1.54, 1.807) is 24.6 Å². The predicted octanol–water partition coefficient (Wildman–Crippen LogP) is 5.14. The molecule has 1 aromatic heterocycles. The summed E-state index contributed by atoms with van der Waals surface area (Å²) in [4.78, 5) is 12.3. The number of aryl methyl sites for hydroxylation is 2. The number of benzene rings is 2. The van der Waals surface area contributed by atoms with Gasteiger partial charge in [-0.15, -0.1) is 0 Å². The fourth-order valence-corrected chi connectivity index (χ4v) is 3.16. The summed E-state index contributed by atoms with van der Waals surface area (Å²) in [5.74, 6) is -0.126. The van der Waals surface area contributed by atoms with Crippen LogP contribution in [-0.4, -0.2) is 15.7 Å². The van der Waals surface area contributed by atoms with Gasteiger partial charge in [0.1, 0.15) is 0 Å². The minimum absolute atomic E-state index is 0.126. The molecule has 1 heterocycles. The second kappa shape index (κ2) is 8.51.